The minimum absolute atomic E-state index is 0.0986. The highest BCUT2D eigenvalue weighted by Gasteiger charge is 2.16. The van der Waals surface area contributed by atoms with E-state index >= 15 is 0 Å². The Balaban J connectivity index is 1.57. The average Bonchev–Trinajstić information content (AvgIpc) is 2.65. The maximum atomic E-state index is 12.4. The molecule has 0 spiro atoms. The van der Waals surface area contributed by atoms with Crippen molar-refractivity contribution < 1.29 is 9.53 Å². The Kier molecular flexibility index (Phi) is 5.50. The Morgan fingerprint density at radius 2 is 1.63 bits per heavy atom. The SMILES string of the molecule is C[C@@H](Oc1ccc(C(C)(C)C)cc1)C(=O)NCc1ccc2ccccc2c1. The van der Waals surface area contributed by atoms with Crippen molar-refractivity contribution in [2.75, 3.05) is 0 Å². The molecule has 0 aliphatic carbocycles. The van der Waals surface area contributed by atoms with Crippen LogP contribution in [0.25, 0.3) is 10.8 Å². The van der Waals surface area contributed by atoms with Gasteiger partial charge in [-0.2, -0.15) is 0 Å². The van der Waals surface area contributed by atoms with Crippen LogP contribution >= 0.6 is 0 Å². The average molecular weight is 361 g/mol. The van der Waals surface area contributed by atoms with Crippen LogP contribution in [0.15, 0.2) is 66.7 Å². The van der Waals surface area contributed by atoms with Crippen molar-refractivity contribution in [1.82, 2.24) is 5.32 Å². The number of benzene rings is 3. The highest BCUT2D eigenvalue weighted by Crippen LogP contribution is 2.24. The van der Waals surface area contributed by atoms with Crippen LogP contribution in [0.1, 0.15) is 38.8 Å². The molecule has 140 valence electrons. The first kappa shape index (κ1) is 19.0. The zero-order valence-corrected chi connectivity index (χ0v) is 16.5. The molecule has 3 aromatic rings. The molecule has 0 saturated carbocycles. The maximum absolute atomic E-state index is 12.4. The van der Waals surface area contributed by atoms with Gasteiger partial charge in [0.25, 0.3) is 5.91 Å². The van der Waals surface area contributed by atoms with Gasteiger partial charge in [0.2, 0.25) is 0 Å². The predicted octanol–water partition coefficient (Wildman–Crippen LogP) is 5.22. The van der Waals surface area contributed by atoms with Crippen LogP contribution in [0.4, 0.5) is 0 Å². The van der Waals surface area contributed by atoms with Gasteiger partial charge in [0, 0.05) is 6.54 Å². The van der Waals surface area contributed by atoms with Crippen molar-refractivity contribution >= 4 is 16.7 Å². The molecule has 0 unspecified atom stereocenters. The van der Waals surface area contributed by atoms with Crippen LogP contribution in [-0.2, 0) is 16.8 Å². The second-order valence-corrected chi connectivity index (χ2v) is 7.93. The van der Waals surface area contributed by atoms with Crippen LogP contribution < -0.4 is 10.1 Å². The number of fused-ring (bicyclic) bond motifs is 1. The number of ether oxygens (including phenoxy) is 1. The molecule has 3 heteroatoms. The molecule has 0 radical (unpaired) electrons. The molecule has 0 bridgehead atoms. The summed E-state index contributed by atoms with van der Waals surface area (Å²) < 4.78 is 5.79. The van der Waals surface area contributed by atoms with Crippen molar-refractivity contribution in [3.8, 4) is 5.75 Å². The number of carbonyl (C=O) groups is 1. The molecular weight excluding hydrogens is 334 g/mol. The predicted molar refractivity (Wildman–Crippen MR) is 111 cm³/mol. The maximum Gasteiger partial charge on any atom is 0.261 e. The quantitative estimate of drug-likeness (QED) is 0.676. The highest BCUT2D eigenvalue weighted by atomic mass is 16.5. The first-order valence-electron chi connectivity index (χ1n) is 9.35. The molecule has 3 nitrogen and oxygen atoms in total. The van der Waals surface area contributed by atoms with Gasteiger partial charge in [0.15, 0.2) is 6.10 Å². The summed E-state index contributed by atoms with van der Waals surface area (Å²) in [6, 6.07) is 22.4. The van der Waals surface area contributed by atoms with Gasteiger partial charge in [0.05, 0.1) is 0 Å². The monoisotopic (exact) mass is 361 g/mol. The molecule has 0 saturated heterocycles. The zero-order valence-electron chi connectivity index (χ0n) is 16.5. The molecule has 3 aromatic carbocycles. The standard InChI is InChI=1S/C24H27NO2/c1-17(27-22-13-11-21(12-14-22)24(2,3)4)23(26)25-16-18-9-10-19-7-5-6-8-20(19)15-18/h5-15,17H,16H2,1-4H3,(H,25,26)/t17-/m1/s1. The van der Waals surface area contributed by atoms with Crippen LogP contribution in [-0.4, -0.2) is 12.0 Å². The molecule has 1 amide bonds. The van der Waals surface area contributed by atoms with Gasteiger partial charge in [-0.3, -0.25) is 4.79 Å². The molecule has 1 N–H and O–H groups in total. The minimum Gasteiger partial charge on any atom is -0.481 e. The molecule has 0 aromatic heterocycles. The second-order valence-electron chi connectivity index (χ2n) is 7.93. The Hall–Kier alpha value is -2.81. The molecule has 27 heavy (non-hydrogen) atoms. The zero-order chi connectivity index (χ0) is 19.4. The fraction of sp³-hybridized carbons (Fsp3) is 0.292. The number of carbonyl (C=O) groups excluding carboxylic acids is 1. The molecule has 0 aliphatic heterocycles. The Morgan fingerprint density at radius 3 is 2.30 bits per heavy atom. The lowest BCUT2D eigenvalue weighted by Crippen LogP contribution is -2.35. The van der Waals surface area contributed by atoms with Crippen molar-refractivity contribution in [3.05, 3.63) is 77.9 Å². The largest absolute Gasteiger partial charge is 0.481 e. The number of amides is 1. The summed E-state index contributed by atoms with van der Waals surface area (Å²) in [7, 11) is 0. The third-order valence-electron chi connectivity index (χ3n) is 4.68. The van der Waals surface area contributed by atoms with Gasteiger partial charge in [0.1, 0.15) is 5.75 Å². The lowest BCUT2D eigenvalue weighted by molar-refractivity contribution is -0.127. The van der Waals surface area contributed by atoms with Crippen molar-refractivity contribution in [3.63, 3.8) is 0 Å². The Morgan fingerprint density at radius 1 is 0.963 bits per heavy atom. The summed E-state index contributed by atoms with van der Waals surface area (Å²) in [5.74, 6) is 0.583. The molecule has 1 atom stereocenters. The first-order chi connectivity index (χ1) is 12.8. The van der Waals surface area contributed by atoms with Crippen molar-refractivity contribution in [2.45, 2.75) is 45.8 Å². The van der Waals surface area contributed by atoms with E-state index in [1.807, 2.05) is 30.3 Å². The van der Waals surface area contributed by atoms with Gasteiger partial charge in [-0.1, -0.05) is 69.3 Å². The van der Waals surface area contributed by atoms with Gasteiger partial charge in [-0.15, -0.1) is 0 Å². The number of hydrogen-bond donors (Lipinski definition) is 1. The highest BCUT2D eigenvalue weighted by molar-refractivity contribution is 5.83. The summed E-state index contributed by atoms with van der Waals surface area (Å²) in [6.07, 6.45) is -0.550. The lowest BCUT2D eigenvalue weighted by atomic mass is 9.87. The summed E-state index contributed by atoms with van der Waals surface area (Å²) in [4.78, 5) is 12.4. The normalized spacial score (nSPS) is 12.6. The summed E-state index contributed by atoms with van der Waals surface area (Å²) in [5, 5.41) is 5.33. The van der Waals surface area contributed by atoms with Crippen LogP contribution in [0.3, 0.4) is 0 Å². The van der Waals surface area contributed by atoms with E-state index in [0.717, 1.165) is 5.56 Å². The van der Waals surface area contributed by atoms with Crippen LogP contribution in [0.5, 0.6) is 5.75 Å². The third-order valence-corrected chi connectivity index (χ3v) is 4.68. The third kappa shape index (κ3) is 4.88. The lowest BCUT2D eigenvalue weighted by Gasteiger charge is -2.20. The van der Waals surface area contributed by atoms with Gasteiger partial charge in [-0.05, 0) is 52.4 Å². The van der Waals surface area contributed by atoms with Crippen molar-refractivity contribution in [1.29, 1.82) is 0 Å². The molecular formula is C24H27NO2. The fourth-order valence-electron chi connectivity index (χ4n) is 2.97. The van der Waals surface area contributed by atoms with Crippen LogP contribution in [0.2, 0.25) is 0 Å². The smallest absolute Gasteiger partial charge is 0.261 e. The molecule has 0 fully saturated rings. The number of rotatable bonds is 5. The van der Waals surface area contributed by atoms with Crippen LogP contribution in [0, 0.1) is 0 Å². The number of hydrogen-bond acceptors (Lipinski definition) is 2. The van der Waals surface area contributed by atoms with E-state index in [-0.39, 0.29) is 11.3 Å². The summed E-state index contributed by atoms with van der Waals surface area (Å²) in [5.41, 5.74) is 2.41. The van der Waals surface area contributed by atoms with E-state index in [0.29, 0.717) is 12.3 Å². The minimum atomic E-state index is -0.550. The number of nitrogens with one attached hydrogen (secondary N) is 1. The Bertz CT molecular complexity index is 923. The first-order valence-corrected chi connectivity index (χ1v) is 9.35. The van der Waals surface area contributed by atoms with E-state index in [1.54, 1.807) is 6.92 Å². The van der Waals surface area contributed by atoms with E-state index in [4.69, 9.17) is 4.74 Å². The van der Waals surface area contributed by atoms with Gasteiger partial charge < -0.3 is 10.1 Å². The summed E-state index contributed by atoms with van der Waals surface area (Å²) >= 11 is 0. The van der Waals surface area contributed by atoms with Gasteiger partial charge >= 0.3 is 0 Å². The van der Waals surface area contributed by atoms with Gasteiger partial charge in [-0.25, -0.2) is 0 Å². The summed E-state index contributed by atoms with van der Waals surface area (Å²) in [6.45, 7) is 8.77. The molecule has 0 heterocycles. The van der Waals surface area contributed by atoms with E-state index in [9.17, 15) is 4.79 Å². The van der Waals surface area contributed by atoms with E-state index < -0.39 is 6.10 Å². The topological polar surface area (TPSA) is 38.3 Å². The molecule has 0 aliphatic rings. The Labute approximate surface area is 161 Å². The molecule has 3 rings (SSSR count). The van der Waals surface area contributed by atoms with E-state index in [2.05, 4.69) is 62.5 Å². The van der Waals surface area contributed by atoms with Crippen molar-refractivity contribution in [2.24, 2.45) is 0 Å². The fourth-order valence-corrected chi connectivity index (χ4v) is 2.97. The second kappa shape index (κ2) is 7.83. The van der Waals surface area contributed by atoms with E-state index in [1.165, 1.54) is 16.3 Å².